The molecule has 2 rings (SSSR count). The van der Waals surface area contributed by atoms with Crippen molar-refractivity contribution < 1.29 is 0 Å². The van der Waals surface area contributed by atoms with E-state index in [1.165, 1.54) is 12.0 Å². The molecule has 0 radical (unpaired) electrons. The minimum absolute atomic E-state index is 0. The molecular weight excluding hydrogens is 407 g/mol. The second-order valence-corrected chi connectivity index (χ2v) is 7.17. The average Bonchev–Trinajstić information content (AvgIpc) is 2.94. The van der Waals surface area contributed by atoms with E-state index < -0.39 is 0 Å². The lowest BCUT2D eigenvalue weighted by Gasteiger charge is -2.32. The van der Waals surface area contributed by atoms with Crippen molar-refractivity contribution in [3.05, 3.63) is 21.9 Å². The Morgan fingerprint density at radius 3 is 2.73 bits per heavy atom. The fourth-order valence-corrected chi connectivity index (χ4v) is 3.43. The van der Waals surface area contributed by atoms with Crippen LogP contribution in [-0.2, 0) is 13.0 Å². The third kappa shape index (κ3) is 5.70. The van der Waals surface area contributed by atoms with Crippen LogP contribution >= 0.6 is 35.3 Å². The zero-order valence-corrected chi connectivity index (χ0v) is 17.2. The summed E-state index contributed by atoms with van der Waals surface area (Å²) in [6.07, 6.45) is 1.19. The maximum absolute atomic E-state index is 4.28. The van der Waals surface area contributed by atoms with Crippen LogP contribution in [0.4, 0.5) is 0 Å². The molecule has 1 aromatic heterocycles. The maximum atomic E-state index is 4.28. The molecule has 0 aromatic carbocycles. The molecule has 0 amide bonds. The van der Waals surface area contributed by atoms with Crippen molar-refractivity contribution in [2.75, 3.05) is 26.7 Å². The van der Waals surface area contributed by atoms with Crippen molar-refractivity contribution in [1.82, 2.24) is 15.5 Å². The Hall–Kier alpha value is -0.340. The number of halogens is 1. The number of aliphatic imine (C=N–C) groups is 1. The van der Waals surface area contributed by atoms with E-state index in [1.54, 1.807) is 4.88 Å². The fourth-order valence-electron chi connectivity index (χ4n) is 2.54. The van der Waals surface area contributed by atoms with Crippen LogP contribution < -0.4 is 10.6 Å². The quantitative estimate of drug-likeness (QED) is 0.424. The SMILES string of the molecule is CN=C(NCC(C)C)NCC(C)N1CCc2sccc2C1.I. The summed E-state index contributed by atoms with van der Waals surface area (Å²) in [7, 11) is 1.83. The summed E-state index contributed by atoms with van der Waals surface area (Å²) in [5, 5.41) is 9.02. The highest BCUT2D eigenvalue weighted by Crippen LogP contribution is 2.24. The van der Waals surface area contributed by atoms with E-state index in [0.717, 1.165) is 32.1 Å². The van der Waals surface area contributed by atoms with Crippen LogP contribution in [0.3, 0.4) is 0 Å². The van der Waals surface area contributed by atoms with E-state index in [2.05, 4.69) is 52.7 Å². The first-order valence-electron chi connectivity index (χ1n) is 7.84. The molecule has 4 nitrogen and oxygen atoms in total. The molecule has 1 aromatic rings. The second kappa shape index (κ2) is 9.72. The summed E-state index contributed by atoms with van der Waals surface area (Å²) in [5.74, 6) is 1.53. The van der Waals surface area contributed by atoms with Gasteiger partial charge in [-0.05, 0) is 36.3 Å². The standard InChI is InChI=1S/C16H28N4S.HI/c1-12(2)9-18-16(17-4)19-10-13(3)20-7-5-15-14(11-20)6-8-21-15;/h6,8,12-13H,5,7,9-11H2,1-4H3,(H2,17,18,19);1H. The van der Waals surface area contributed by atoms with Crippen molar-refractivity contribution in [3.63, 3.8) is 0 Å². The summed E-state index contributed by atoms with van der Waals surface area (Å²) in [4.78, 5) is 8.41. The van der Waals surface area contributed by atoms with Gasteiger partial charge in [-0.15, -0.1) is 35.3 Å². The summed E-state index contributed by atoms with van der Waals surface area (Å²) in [6, 6.07) is 2.78. The summed E-state index contributed by atoms with van der Waals surface area (Å²) < 4.78 is 0. The van der Waals surface area contributed by atoms with Crippen LogP contribution in [-0.4, -0.2) is 43.6 Å². The molecule has 0 aliphatic carbocycles. The Bertz CT molecular complexity index is 472. The van der Waals surface area contributed by atoms with Crippen LogP contribution in [0.5, 0.6) is 0 Å². The minimum Gasteiger partial charge on any atom is -0.356 e. The van der Waals surface area contributed by atoms with Gasteiger partial charge in [-0.2, -0.15) is 0 Å². The Morgan fingerprint density at radius 1 is 1.32 bits per heavy atom. The molecule has 0 fully saturated rings. The second-order valence-electron chi connectivity index (χ2n) is 6.17. The van der Waals surface area contributed by atoms with Gasteiger partial charge in [0, 0.05) is 44.1 Å². The zero-order chi connectivity index (χ0) is 15.2. The monoisotopic (exact) mass is 436 g/mol. The molecule has 0 bridgehead atoms. The van der Waals surface area contributed by atoms with Crippen LogP contribution in [0, 0.1) is 5.92 Å². The van der Waals surface area contributed by atoms with Gasteiger partial charge in [0.1, 0.15) is 0 Å². The highest BCUT2D eigenvalue weighted by Gasteiger charge is 2.21. The number of rotatable bonds is 5. The molecule has 6 heteroatoms. The normalized spacial score (nSPS) is 16.9. The highest BCUT2D eigenvalue weighted by atomic mass is 127. The van der Waals surface area contributed by atoms with Gasteiger partial charge in [0.05, 0.1) is 0 Å². The number of guanidine groups is 1. The molecule has 1 aliphatic rings. The van der Waals surface area contributed by atoms with Crippen molar-refractivity contribution in [2.24, 2.45) is 10.9 Å². The molecule has 22 heavy (non-hydrogen) atoms. The number of thiophene rings is 1. The number of hydrogen-bond donors (Lipinski definition) is 2. The lowest BCUT2D eigenvalue weighted by atomic mass is 10.1. The molecule has 1 unspecified atom stereocenters. The van der Waals surface area contributed by atoms with Gasteiger partial charge >= 0.3 is 0 Å². The zero-order valence-electron chi connectivity index (χ0n) is 14.1. The number of nitrogens with one attached hydrogen (secondary N) is 2. The first kappa shape index (κ1) is 19.7. The van der Waals surface area contributed by atoms with Gasteiger partial charge in [-0.3, -0.25) is 9.89 Å². The van der Waals surface area contributed by atoms with Crippen molar-refractivity contribution in [1.29, 1.82) is 0 Å². The van der Waals surface area contributed by atoms with Crippen LogP contribution in [0.25, 0.3) is 0 Å². The van der Waals surface area contributed by atoms with E-state index in [-0.39, 0.29) is 24.0 Å². The largest absolute Gasteiger partial charge is 0.356 e. The van der Waals surface area contributed by atoms with E-state index in [0.29, 0.717) is 12.0 Å². The maximum Gasteiger partial charge on any atom is 0.191 e. The topological polar surface area (TPSA) is 39.7 Å². The van der Waals surface area contributed by atoms with E-state index in [1.807, 2.05) is 18.4 Å². The molecule has 0 saturated heterocycles. The molecule has 0 saturated carbocycles. The Balaban J connectivity index is 0.00000242. The van der Waals surface area contributed by atoms with Crippen molar-refractivity contribution in [3.8, 4) is 0 Å². The first-order chi connectivity index (χ1) is 10.1. The lowest BCUT2D eigenvalue weighted by Crippen LogP contribution is -2.47. The van der Waals surface area contributed by atoms with Gasteiger partial charge in [0.2, 0.25) is 0 Å². The molecule has 2 heterocycles. The molecule has 1 atom stereocenters. The van der Waals surface area contributed by atoms with E-state index in [4.69, 9.17) is 0 Å². The molecule has 126 valence electrons. The summed E-state index contributed by atoms with van der Waals surface area (Å²) in [5.41, 5.74) is 1.51. The Morgan fingerprint density at radius 2 is 2.05 bits per heavy atom. The lowest BCUT2D eigenvalue weighted by molar-refractivity contribution is 0.192. The Kier molecular flexibility index (Phi) is 8.71. The van der Waals surface area contributed by atoms with E-state index >= 15 is 0 Å². The number of fused-ring (bicyclic) bond motifs is 1. The summed E-state index contributed by atoms with van der Waals surface area (Å²) in [6.45, 7) is 10.8. The average molecular weight is 436 g/mol. The van der Waals surface area contributed by atoms with Gasteiger partial charge < -0.3 is 10.6 Å². The van der Waals surface area contributed by atoms with Crippen molar-refractivity contribution >= 4 is 41.3 Å². The van der Waals surface area contributed by atoms with Crippen LogP contribution in [0.2, 0.25) is 0 Å². The number of hydrogen-bond acceptors (Lipinski definition) is 3. The molecule has 0 spiro atoms. The molecule has 2 N–H and O–H groups in total. The van der Waals surface area contributed by atoms with Crippen molar-refractivity contribution in [2.45, 2.75) is 39.8 Å². The summed E-state index contributed by atoms with van der Waals surface area (Å²) >= 11 is 1.90. The van der Waals surface area contributed by atoms with E-state index in [9.17, 15) is 0 Å². The fraction of sp³-hybridized carbons (Fsp3) is 0.688. The Labute approximate surface area is 155 Å². The predicted molar refractivity (Wildman–Crippen MR) is 108 cm³/mol. The first-order valence-corrected chi connectivity index (χ1v) is 8.72. The van der Waals surface area contributed by atoms with Gasteiger partial charge in [-0.1, -0.05) is 13.8 Å². The predicted octanol–water partition coefficient (Wildman–Crippen LogP) is 2.93. The minimum atomic E-state index is 0. The highest BCUT2D eigenvalue weighted by molar-refractivity contribution is 14.0. The van der Waals surface area contributed by atoms with Gasteiger partial charge in [0.25, 0.3) is 0 Å². The number of nitrogens with zero attached hydrogens (tertiary/aromatic N) is 2. The van der Waals surface area contributed by atoms with Gasteiger partial charge in [0.15, 0.2) is 5.96 Å². The molecule has 1 aliphatic heterocycles. The third-order valence-corrected chi connectivity index (χ3v) is 4.95. The van der Waals surface area contributed by atoms with Crippen LogP contribution in [0.1, 0.15) is 31.2 Å². The smallest absolute Gasteiger partial charge is 0.191 e. The van der Waals surface area contributed by atoms with Crippen LogP contribution in [0.15, 0.2) is 16.4 Å². The molecular formula is C16H29IN4S. The van der Waals surface area contributed by atoms with Gasteiger partial charge in [-0.25, -0.2) is 0 Å². The third-order valence-electron chi connectivity index (χ3n) is 3.93.